The predicted molar refractivity (Wildman–Crippen MR) is 90.2 cm³/mol. The summed E-state index contributed by atoms with van der Waals surface area (Å²) >= 11 is 0. The number of nitrogens with zero attached hydrogens (tertiary/aromatic N) is 1. The lowest BCUT2D eigenvalue weighted by molar-refractivity contribution is -0.147. The average Bonchev–Trinajstić information content (AvgIpc) is 2.61. The van der Waals surface area contributed by atoms with Crippen molar-refractivity contribution in [2.75, 3.05) is 11.9 Å². The maximum atomic E-state index is 11.9. The van der Waals surface area contributed by atoms with E-state index < -0.39 is 11.9 Å². The normalized spacial score (nSPS) is 11.2. The van der Waals surface area contributed by atoms with Crippen LogP contribution in [0.2, 0.25) is 0 Å². The van der Waals surface area contributed by atoms with E-state index in [2.05, 4.69) is 5.32 Å². The molecule has 0 radical (unpaired) electrons. The van der Waals surface area contributed by atoms with Crippen LogP contribution in [0.5, 0.6) is 0 Å². The molecule has 0 heterocycles. The minimum atomic E-state index is -0.474. The molecule has 2 aromatic carbocycles. The minimum Gasteiger partial charge on any atom is -0.456 e. The lowest BCUT2D eigenvalue weighted by Gasteiger charge is -2.11. The van der Waals surface area contributed by atoms with E-state index >= 15 is 0 Å². The van der Waals surface area contributed by atoms with E-state index in [0.717, 1.165) is 5.56 Å². The second-order valence-corrected chi connectivity index (χ2v) is 5.38. The Balaban J connectivity index is 1.81. The molecule has 0 aliphatic carbocycles. The fourth-order valence-corrected chi connectivity index (χ4v) is 2.23. The fourth-order valence-electron chi connectivity index (χ4n) is 2.23. The molecule has 2 rings (SSSR count). The van der Waals surface area contributed by atoms with Gasteiger partial charge in [0.1, 0.15) is 6.07 Å². The monoisotopic (exact) mass is 322 g/mol. The number of para-hydroxylation sites is 1. The summed E-state index contributed by atoms with van der Waals surface area (Å²) in [6, 6.07) is 18.3. The maximum absolute atomic E-state index is 11.9. The number of nitrogens with one attached hydrogen (secondary N) is 1. The molecule has 122 valence electrons. The van der Waals surface area contributed by atoms with Gasteiger partial charge in [0.15, 0.2) is 6.61 Å². The molecular weight excluding hydrogens is 304 g/mol. The van der Waals surface area contributed by atoms with E-state index in [1.165, 1.54) is 0 Å². The van der Waals surface area contributed by atoms with Crippen LogP contribution in [0.15, 0.2) is 54.6 Å². The molecule has 0 unspecified atom stereocenters. The summed E-state index contributed by atoms with van der Waals surface area (Å²) in [6.45, 7) is 1.56. The first-order valence-electron chi connectivity index (χ1n) is 7.59. The van der Waals surface area contributed by atoms with Gasteiger partial charge in [0.05, 0.1) is 17.7 Å². The standard InChI is InChI=1S/C19H18N2O3/c1-14(15-7-3-2-4-8-15)11-19(23)24-13-18(22)21-17-10-6-5-9-16(17)12-20/h2-10,14H,11,13H2,1H3,(H,21,22)/t14-/m0/s1. The third-order valence-corrected chi connectivity index (χ3v) is 3.53. The maximum Gasteiger partial charge on any atom is 0.306 e. The highest BCUT2D eigenvalue weighted by Gasteiger charge is 2.14. The lowest BCUT2D eigenvalue weighted by Crippen LogP contribution is -2.21. The van der Waals surface area contributed by atoms with Gasteiger partial charge in [0.25, 0.3) is 5.91 Å². The summed E-state index contributed by atoms with van der Waals surface area (Å²) in [5.41, 5.74) is 1.80. The van der Waals surface area contributed by atoms with Gasteiger partial charge in [-0.1, -0.05) is 49.4 Å². The van der Waals surface area contributed by atoms with Crippen molar-refractivity contribution in [1.82, 2.24) is 0 Å². The molecule has 5 heteroatoms. The quantitative estimate of drug-likeness (QED) is 0.828. The number of rotatable bonds is 6. The summed E-state index contributed by atoms with van der Waals surface area (Å²) < 4.78 is 5.01. The van der Waals surface area contributed by atoms with Crippen LogP contribution in [0.25, 0.3) is 0 Å². The first-order chi connectivity index (χ1) is 11.6. The van der Waals surface area contributed by atoms with Crippen LogP contribution >= 0.6 is 0 Å². The Hall–Kier alpha value is -3.13. The van der Waals surface area contributed by atoms with Crippen molar-refractivity contribution in [3.8, 4) is 6.07 Å². The lowest BCUT2D eigenvalue weighted by atomic mass is 9.98. The van der Waals surface area contributed by atoms with Gasteiger partial charge in [-0.3, -0.25) is 9.59 Å². The van der Waals surface area contributed by atoms with Gasteiger partial charge in [-0.15, -0.1) is 0 Å². The Bertz CT molecular complexity index is 751. The van der Waals surface area contributed by atoms with Crippen molar-refractivity contribution in [3.63, 3.8) is 0 Å². The highest BCUT2D eigenvalue weighted by Crippen LogP contribution is 2.19. The largest absolute Gasteiger partial charge is 0.456 e. The zero-order valence-corrected chi connectivity index (χ0v) is 13.4. The summed E-state index contributed by atoms with van der Waals surface area (Å²) in [5, 5.41) is 11.5. The summed E-state index contributed by atoms with van der Waals surface area (Å²) in [5.74, 6) is -0.894. The van der Waals surface area contributed by atoms with Crippen molar-refractivity contribution in [1.29, 1.82) is 5.26 Å². The number of benzene rings is 2. The number of anilines is 1. The van der Waals surface area contributed by atoms with Gasteiger partial charge in [-0.05, 0) is 23.6 Å². The number of amides is 1. The first-order valence-corrected chi connectivity index (χ1v) is 7.59. The van der Waals surface area contributed by atoms with Crippen molar-refractivity contribution in [2.45, 2.75) is 19.3 Å². The van der Waals surface area contributed by atoms with Gasteiger partial charge in [-0.25, -0.2) is 0 Å². The molecule has 1 N–H and O–H groups in total. The molecule has 0 aliphatic rings. The minimum absolute atomic E-state index is 0.0149. The Morgan fingerprint density at radius 1 is 1.12 bits per heavy atom. The Labute approximate surface area is 140 Å². The van der Waals surface area contributed by atoms with Gasteiger partial charge < -0.3 is 10.1 Å². The summed E-state index contributed by atoms with van der Waals surface area (Å²) in [4.78, 5) is 23.7. The number of hydrogen-bond donors (Lipinski definition) is 1. The third kappa shape index (κ3) is 4.96. The number of hydrogen-bond acceptors (Lipinski definition) is 4. The second kappa shape index (κ2) is 8.49. The predicted octanol–water partition coefficient (Wildman–Crippen LogP) is 3.23. The van der Waals surface area contributed by atoms with Gasteiger partial charge >= 0.3 is 5.97 Å². The molecule has 1 amide bonds. The van der Waals surface area contributed by atoms with E-state index in [4.69, 9.17) is 10.00 Å². The van der Waals surface area contributed by atoms with Crippen molar-refractivity contribution in [3.05, 3.63) is 65.7 Å². The van der Waals surface area contributed by atoms with Crippen LogP contribution in [0, 0.1) is 11.3 Å². The van der Waals surface area contributed by atoms with Crippen LogP contribution in [0.3, 0.4) is 0 Å². The highest BCUT2D eigenvalue weighted by molar-refractivity contribution is 5.94. The molecule has 0 spiro atoms. The molecule has 2 aromatic rings. The van der Waals surface area contributed by atoms with Crippen molar-refractivity contribution >= 4 is 17.6 Å². The molecule has 1 atom stereocenters. The fraction of sp³-hybridized carbons (Fsp3) is 0.211. The van der Waals surface area contributed by atoms with Crippen molar-refractivity contribution in [2.24, 2.45) is 0 Å². The first kappa shape index (κ1) is 17.2. The Morgan fingerprint density at radius 2 is 1.79 bits per heavy atom. The number of nitriles is 1. The number of ether oxygens (including phenoxy) is 1. The molecule has 0 aromatic heterocycles. The topological polar surface area (TPSA) is 79.2 Å². The van der Waals surface area contributed by atoms with Gasteiger partial charge in [-0.2, -0.15) is 5.26 Å². The van der Waals surface area contributed by atoms with Crippen LogP contribution in [0.1, 0.15) is 30.4 Å². The number of carbonyl (C=O) groups excluding carboxylic acids is 2. The van der Waals surface area contributed by atoms with Crippen LogP contribution in [-0.2, 0) is 14.3 Å². The van der Waals surface area contributed by atoms with E-state index in [1.54, 1.807) is 24.3 Å². The summed E-state index contributed by atoms with van der Waals surface area (Å²) in [7, 11) is 0. The number of esters is 1. The molecule has 0 bridgehead atoms. The van der Waals surface area contributed by atoms with E-state index in [-0.39, 0.29) is 18.9 Å². The zero-order valence-electron chi connectivity index (χ0n) is 13.4. The van der Waals surface area contributed by atoms with Crippen LogP contribution < -0.4 is 5.32 Å². The Kier molecular flexibility index (Phi) is 6.09. The molecule has 0 fully saturated rings. The van der Waals surface area contributed by atoms with Gasteiger partial charge in [0.2, 0.25) is 0 Å². The summed E-state index contributed by atoms with van der Waals surface area (Å²) in [6.07, 6.45) is 0.200. The van der Waals surface area contributed by atoms with Gasteiger partial charge in [0, 0.05) is 0 Å². The second-order valence-electron chi connectivity index (χ2n) is 5.38. The molecule has 0 saturated heterocycles. The molecule has 24 heavy (non-hydrogen) atoms. The van der Waals surface area contributed by atoms with Crippen LogP contribution in [0.4, 0.5) is 5.69 Å². The highest BCUT2D eigenvalue weighted by atomic mass is 16.5. The SMILES string of the molecule is C[C@@H](CC(=O)OCC(=O)Nc1ccccc1C#N)c1ccccc1. The smallest absolute Gasteiger partial charge is 0.306 e. The van der Waals surface area contributed by atoms with E-state index in [9.17, 15) is 9.59 Å². The molecular formula is C19H18N2O3. The molecule has 0 saturated carbocycles. The molecule has 0 aliphatic heterocycles. The number of carbonyl (C=O) groups is 2. The average molecular weight is 322 g/mol. The third-order valence-electron chi connectivity index (χ3n) is 3.53. The zero-order chi connectivity index (χ0) is 17.4. The molecule has 5 nitrogen and oxygen atoms in total. The van der Waals surface area contributed by atoms with E-state index in [0.29, 0.717) is 11.3 Å². The Morgan fingerprint density at radius 3 is 2.50 bits per heavy atom. The van der Waals surface area contributed by atoms with Crippen LogP contribution in [-0.4, -0.2) is 18.5 Å². The van der Waals surface area contributed by atoms with Crippen molar-refractivity contribution < 1.29 is 14.3 Å². The van der Waals surface area contributed by atoms with E-state index in [1.807, 2.05) is 43.3 Å².